The molecule has 2 unspecified atom stereocenters. The Morgan fingerprint density at radius 1 is 0.896 bits per heavy atom. The number of nitrogens with one attached hydrogen (secondary N) is 1. The number of nitrogens with zero attached hydrogens (tertiary/aromatic N) is 6. The van der Waals surface area contributed by atoms with Crippen molar-refractivity contribution in [2.75, 3.05) is 17.3 Å². The van der Waals surface area contributed by atoms with Gasteiger partial charge in [-0.15, -0.1) is 0 Å². The highest BCUT2D eigenvalue weighted by Crippen LogP contribution is 2.41. The molecule has 48 heavy (non-hydrogen) atoms. The van der Waals surface area contributed by atoms with Crippen LogP contribution < -0.4 is 16.0 Å². The average molecular weight is 739 g/mol. The van der Waals surface area contributed by atoms with E-state index < -0.39 is 74.2 Å². The fourth-order valence-corrected chi connectivity index (χ4v) is 6.75. The number of aliphatic hydroxyl groups is 1. The number of benzene rings is 2. The lowest BCUT2D eigenvalue weighted by Gasteiger charge is -2.31. The van der Waals surface area contributed by atoms with Crippen LogP contribution in [0.4, 0.5) is 29.0 Å². The molecule has 0 bridgehead atoms. The Morgan fingerprint density at radius 2 is 1.58 bits per heavy atom. The van der Waals surface area contributed by atoms with Gasteiger partial charge in [0.25, 0.3) is 30.4 Å². The van der Waals surface area contributed by atoms with Crippen molar-refractivity contribution in [2.45, 2.75) is 10.9 Å². The van der Waals surface area contributed by atoms with E-state index in [9.17, 15) is 44.0 Å². The molecule has 5 rings (SSSR count). The number of aromatic nitrogens is 3. The van der Waals surface area contributed by atoms with Crippen LogP contribution in [-0.4, -0.2) is 72.1 Å². The van der Waals surface area contributed by atoms with Crippen LogP contribution in [0.15, 0.2) is 109 Å². The third kappa shape index (κ3) is 7.36. The molecular formula is C26H23ClN8O10S3. The zero-order valence-electron chi connectivity index (χ0n) is 24.1. The Balaban J connectivity index is 1.52. The molecule has 22 heteroatoms. The number of halogens is 1. The number of hydrogen-bond donors (Lipinski definition) is 6. The maximum absolute atomic E-state index is 12.4. The molecule has 0 saturated heterocycles. The molecule has 252 valence electrons. The Labute approximate surface area is 278 Å². The van der Waals surface area contributed by atoms with E-state index >= 15 is 0 Å². The Morgan fingerprint density at radius 3 is 2.21 bits per heavy atom. The van der Waals surface area contributed by atoms with Gasteiger partial charge in [0.1, 0.15) is 27.3 Å². The topological polar surface area (TPSA) is 288 Å². The molecule has 0 radical (unpaired) electrons. The van der Waals surface area contributed by atoms with Gasteiger partial charge in [0.05, 0.1) is 16.5 Å². The minimum atomic E-state index is -5.04. The molecule has 2 aliphatic rings. The third-order valence-electron chi connectivity index (χ3n) is 6.89. The molecule has 2 aliphatic carbocycles. The van der Waals surface area contributed by atoms with E-state index in [2.05, 4.69) is 30.5 Å². The molecule has 0 spiro atoms. The van der Waals surface area contributed by atoms with Gasteiger partial charge >= 0.3 is 0 Å². The summed E-state index contributed by atoms with van der Waals surface area (Å²) >= 11 is 6.10. The van der Waals surface area contributed by atoms with Crippen molar-refractivity contribution in [2.24, 2.45) is 21.9 Å². The van der Waals surface area contributed by atoms with Gasteiger partial charge in [-0.1, -0.05) is 18.2 Å². The Kier molecular flexibility index (Phi) is 9.13. The molecule has 18 nitrogen and oxygen atoms in total. The number of aliphatic hydroxyl groups excluding tert-OH is 1. The van der Waals surface area contributed by atoms with Crippen LogP contribution in [0.1, 0.15) is 0 Å². The van der Waals surface area contributed by atoms with Crippen molar-refractivity contribution in [3.8, 4) is 0 Å². The molecule has 2 aromatic carbocycles. The quantitative estimate of drug-likeness (QED) is 0.135. The van der Waals surface area contributed by atoms with Crippen molar-refractivity contribution in [3.05, 3.63) is 98.9 Å². The van der Waals surface area contributed by atoms with Crippen LogP contribution in [0.5, 0.6) is 0 Å². The Hall–Kier alpha value is -4.77. The monoisotopic (exact) mass is 738 g/mol. The van der Waals surface area contributed by atoms with Crippen molar-refractivity contribution < 1.29 is 44.0 Å². The summed E-state index contributed by atoms with van der Waals surface area (Å²) < 4.78 is 101. The van der Waals surface area contributed by atoms with Crippen LogP contribution in [0.25, 0.3) is 0 Å². The lowest BCUT2D eigenvalue weighted by Crippen LogP contribution is -2.34. The van der Waals surface area contributed by atoms with Gasteiger partial charge in [-0.3, -0.25) is 13.7 Å². The first kappa shape index (κ1) is 34.6. The minimum absolute atomic E-state index is 0.0313. The molecule has 0 aliphatic heterocycles. The summed E-state index contributed by atoms with van der Waals surface area (Å²) in [6.45, 7) is 0. The van der Waals surface area contributed by atoms with Gasteiger partial charge in [0.2, 0.25) is 17.2 Å². The van der Waals surface area contributed by atoms with Crippen molar-refractivity contribution in [3.63, 3.8) is 0 Å². The van der Waals surface area contributed by atoms with Gasteiger partial charge in [0.15, 0.2) is 0 Å². The standard InChI is InChI=1S/C26H23ClN8O10S3/c1-35(15-5-3-2-4-6-15)26-31-24(27)30-25(32-26)29-14-7-8-17(19(11-14)47(40,41)42)33-34-23-21-13(10-20(22(23)28)48(43,44)45)9-16(12-18(21)36)46(37,38)39/h2-12,21,23,36H,28H2,1H3,(H,37,38,39)(H,40,41,42)(H,43,44,45)(H,29,30,31,32)/b34-33-. The van der Waals surface area contributed by atoms with Crippen molar-refractivity contribution >= 4 is 70.9 Å². The zero-order chi connectivity index (χ0) is 35.2. The van der Waals surface area contributed by atoms with E-state index in [4.69, 9.17) is 17.3 Å². The average Bonchev–Trinajstić information content (AvgIpc) is 2.99. The predicted molar refractivity (Wildman–Crippen MR) is 172 cm³/mol. The van der Waals surface area contributed by atoms with E-state index in [1.165, 1.54) is 6.07 Å². The highest BCUT2D eigenvalue weighted by Gasteiger charge is 2.40. The smallest absolute Gasteiger partial charge is 0.296 e. The van der Waals surface area contributed by atoms with Crippen LogP contribution in [0.3, 0.4) is 0 Å². The van der Waals surface area contributed by atoms with Gasteiger partial charge in [-0.2, -0.15) is 50.4 Å². The molecule has 1 aromatic heterocycles. The summed E-state index contributed by atoms with van der Waals surface area (Å²) in [6.07, 6.45) is 2.27. The number of hydrogen-bond acceptors (Lipinski definition) is 15. The van der Waals surface area contributed by atoms with Gasteiger partial charge < -0.3 is 21.1 Å². The molecule has 3 aromatic rings. The lowest BCUT2D eigenvalue weighted by molar-refractivity contribution is 0.329. The fraction of sp³-hybridized carbons (Fsp3) is 0.115. The summed E-state index contributed by atoms with van der Waals surface area (Å²) in [6, 6.07) is 10.7. The van der Waals surface area contributed by atoms with E-state index in [1.54, 1.807) is 36.2 Å². The Bertz CT molecular complexity index is 2310. The van der Waals surface area contributed by atoms with Crippen LogP contribution in [-0.2, 0) is 30.4 Å². The first-order valence-corrected chi connectivity index (χ1v) is 17.8. The molecule has 1 heterocycles. The largest absolute Gasteiger partial charge is 0.512 e. The molecule has 7 N–H and O–H groups in total. The summed E-state index contributed by atoms with van der Waals surface area (Å²) in [4.78, 5) is 11.5. The fourth-order valence-electron chi connectivity index (χ4n) is 4.69. The number of azo groups is 1. The lowest BCUT2D eigenvalue weighted by atomic mass is 9.81. The molecule has 0 saturated carbocycles. The number of nitrogens with two attached hydrogens (primary N) is 1. The van der Waals surface area contributed by atoms with Crippen LogP contribution >= 0.6 is 11.6 Å². The number of para-hydroxylation sites is 1. The molecular weight excluding hydrogens is 716 g/mol. The van der Waals surface area contributed by atoms with E-state index in [0.29, 0.717) is 6.08 Å². The second-order valence-corrected chi connectivity index (χ2v) is 14.6. The van der Waals surface area contributed by atoms with E-state index in [0.717, 1.165) is 30.0 Å². The number of rotatable bonds is 9. The highest BCUT2D eigenvalue weighted by atomic mass is 35.5. The SMILES string of the molecule is CN(c1ccccc1)c1nc(Cl)nc(Nc2ccc(/N=N\C3C(N)=C(S(=O)(=O)O)C=C4C=C(S(=O)(=O)O)C=C(O)C43)c(S(=O)(=O)O)c2)n1. The van der Waals surface area contributed by atoms with Crippen LogP contribution in [0.2, 0.25) is 5.28 Å². The second-order valence-electron chi connectivity index (χ2n) is 10.1. The second kappa shape index (κ2) is 12.7. The van der Waals surface area contributed by atoms with E-state index in [1.807, 2.05) is 6.07 Å². The molecule has 0 fully saturated rings. The minimum Gasteiger partial charge on any atom is -0.512 e. The van der Waals surface area contributed by atoms with Gasteiger partial charge in [0, 0.05) is 18.4 Å². The zero-order valence-corrected chi connectivity index (χ0v) is 27.3. The maximum atomic E-state index is 12.4. The normalized spacial score (nSPS) is 18.6. The van der Waals surface area contributed by atoms with Gasteiger partial charge in [-0.25, -0.2) is 0 Å². The maximum Gasteiger partial charge on any atom is 0.296 e. The number of anilines is 4. The van der Waals surface area contributed by atoms with Crippen LogP contribution in [0, 0.1) is 5.92 Å². The number of allylic oxidation sites excluding steroid dienone is 3. The van der Waals surface area contributed by atoms with Gasteiger partial charge in [-0.05, 0) is 65.7 Å². The predicted octanol–water partition coefficient (Wildman–Crippen LogP) is 3.58. The van der Waals surface area contributed by atoms with E-state index in [-0.39, 0.29) is 28.4 Å². The molecule has 0 amide bonds. The first-order chi connectivity index (χ1) is 22.3. The number of fused-ring (bicyclic) bond motifs is 1. The van der Waals surface area contributed by atoms with Crippen molar-refractivity contribution in [1.29, 1.82) is 0 Å². The molecule has 2 atom stereocenters. The van der Waals surface area contributed by atoms with Crippen molar-refractivity contribution in [1.82, 2.24) is 15.0 Å². The third-order valence-corrected chi connectivity index (χ3v) is 9.69. The highest BCUT2D eigenvalue weighted by molar-refractivity contribution is 7.90. The first-order valence-electron chi connectivity index (χ1n) is 13.1. The summed E-state index contributed by atoms with van der Waals surface area (Å²) in [5.41, 5.74) is 5.36. The summed E-state index contributed by atoms with van der Waals surface area (Å²) in [7, 11) is -13.2. The summed E-state index contributed by atoms with van der Waals surface area (Å²) in [5.74, 6) is -2.08. The summed E-state index contributed by atoms with van der Waals surface area (Å²) in [5, 5.41) is 21.0.